The topological polar surface area (TPSA) is 37.5 Å². The van der Waals surface area contributed by atoms with Crippen molar-refractivity contribution in [2.75, 3.05) is 0 Å². The Labute approximate surface area is 133 Å². The first kappa shape index (κ1) is 13.5. The maximum Gasteiger partial charge on any atom is 0.160 e. The zero-order valence-corrected chi connectivity index (χ0v) is 13.3. The predicted octanol–water partition coefficient (Wildman–Crippen LogP) is 4.61. The fraction of sp³-hybridized carbons (Fsp3) is 0.167. The van der Waals surface area contributed by atoms with Crippen LogP contribution in [0.4, 0.5) is 0 Å². The highest BCUT2D eigenvalue weighted by molar-refractivity contribution is 8.15. The van der Waals surface area contributed by atoms with E-state index in [2.05, 4.69) is 60.8 Å². The standard InChI is InChI=1S/C18H16N2OS/c1-12-7-9-13(10-8-12)17-19-20-18(2,22-17)16-11-14-5-3-4-6-15(14)21-16/h3-11,20H,1-2H3. The van der Waals surface area contributed by atoms with E-state index < -0.39 is 0 Å². The Hall–Kier alpha value is -2.20. The SMILES string of the molecule is Cc1ccc(C2=NNC(C)(c3cc4ccccc4o3)S2)cc1. The van der Waals surface area contributed by atoms with Gasteiger partial charge in [0.15, 0.2) is 4.87 Å². The summed E-state index contributed by atoms with van der Waals surface area (Å²) in [5.41, 5.74) is 6.52. The number of nitrogens with one attached hydrogen (secondary N) is 1. The van der Waals surface area contributed by atoms with E-state index in [1.807, 2.05) is 18.2 Å². The molecule has 3 nitrogen and oxygen atoms in total. The Morgan fingerprint density at radius 3 is 2.64 bits per heavy atom. The Kier molecular flexibility index (Phi) is 3.01. The number of hydrogen-bond acceptors (Lipinski definition) is 4. The smallest absolute Gasteiger partial charge is 0.160 e. The van der Waals surface area contributed by atoms with Crippen LogP contribution in [0.15, 0.2) is 64.1 Å². The Bertz CT molecular complexity index is 833. The summed E-state index contributed by atoms with van der Waals surface area (Å²) in [4.78, 5) is -0.376. The Morgan fingerprint density at radius 2 is 1.86 bits per heavy atom. The Balaban J connectivity index is 1.65. The van der Waals surface area contributed by atoms with E-state index in [9.17, 15) is 0 Å². The van der Waals surface area contributed by atoms with Crippen LogP contribution in [-0.4, -0.2) is 5.04 Å². The van der Waals surface area contributed by atoms with Crippen LogP contribution in [0.1, 0.15) is 23.8 Å². The van der Waals surface area contributed by atoms with Gasteiger partial charge in [-0.25, -0.2) is 0 Å². The van der Waals surface area contributed by atoms with E-state index in [0.717, 1.165) is 27.3 Å². The van der Waals surface area contributed by atoms with E-state index in [1.54, 1.807) is 11.8 Å². The lowest BCUT2D eigenvalue weighted by Gasteiger charge is -2.19. The summed E-state index contributed by atoms with van der Waals surface area (Å²) in [6, 6.07) is 18.6. The zero-order chi connectivity index (χ0) is 15.2. The molecule has 0 radical (unpaired) electrons. The minimum Gasteiger partial charge on any atom is -0.458 e. The number of furan rings is 1. The number of hydrogen-bond donors (Lipinski definition) is 1. The van der Waals surface area contributed by atoms with Crippen molar-refractivity contribution in [3.8, 4) is 0 Å². The number of nitrogens with zero attached hydrogens (tertiary/aromatic N) is 1. The number of fused-ring (bicyclic) bond motifs is 1. The number of hydrazone groups is 1. The first-order valence-corrected chi connectivity index (χ1v) is 8.06. The summed E-state index contributed by atoms with van der Waals surface area (Å²) >= 11 is 1.69. The van der Waals surface area contributed by atoms with Gasteiger partial charge in [0.05, 0.1) is 0 Å². The molecule has 22 heavy (non-hydrogen) atoms. The number of aryl methyl sites for hydroxylation is 1. The van der Waals surface area contributed by atoms with Crippen molar-refractivity contribution in [2.24, 2.45) is 5.10 Å². The molecule has 0 aliphatic carbocycles. The second kappa shape index (κ2) is 4.92. The van der Waals surface area contributed by atoms with Gasteiger partial charge >= 0.3 is 0 Å². The highest BCUT2D eigenvalue weighted by atomic mass is 32.2. The van der Waals surface area contributed by atoms with Gasteiger partial charge in [-0.05, 0) is 26.0 Å². The minimum absolute atomic E-state index is 0.376. The van der Waals surface area contributed by atoms with Crippen molar-refractivity contribution in [1.82, 2.24) is 5.43 Å². The molecule has 0 fully saturated rings. The van der Waals surface area contributed by atoms with Gasteiger partial charge in [-0.2, -0.15) is 5.10 Å². The molecule has 1 aromatic heterocycles. The molecule has 3 aromatic rings. The third-order valence-electron chi connectivity index (χ3n) is 3.87. The van der Waals surface area contributed by atoms with Crippen molar-refractivity contribution in [2.45, 2.75) is 18.7 Å². The molecule has 0 saturated carbocycles. The number of benzene rings is 2. The molecule has 1 aliphatic heterocycles. The molecule has 2 aromatic carbocycles. The predicted molar refractivity (Wildman–Crippen MR) is 92.0 cm³/mol. The molecule has 1 N–H and O–H groups in total. The van der Waals surface area contributed by atoms with Gasteiger partial charge in [-0.3, -0.25) is 5.43 Å². The van der Waals surface area contributed by atoms with Crippen molar-refractivity contribution in [3.63, 3.8) is 0 Å². The van der Waals surface area contributed by atoms with Crippen molar-refractivity contribution >= 4 is 27.8 Å². The highest BCUT2D eigenvalue weighted by Crippen LogP contribution is 2.42. The normalized spacial score (nSPS) is 20.9. The average molecular weight is 308 g/mol. The molecule has 0 saturated heterocycles. The molecular weight excluding hydrogens is 292 g/mol. The fourth-order valence-corrected chi connectivity index (χ4v) is 3.56. The number of para-hydroxylation sites is 1. The van der Waals surface area contributed by atoms with Gasteiger partial charge in [0, 0.05) is 10.9 Å². The van der Waals surface area contributed by atoms with Gasteiger partial charge in [-0.15, -0.1) is 0 Å². The lowest BCUT2D eigenvalue weighted by atomic mass is 10.2. The molecule has 110 valence electrons. The monoisotopic (exact) mass is 308 g/mol. The van der Waals surface area contributed by atoms with E-state index in [-0.39, 0.29) is 4.87 Å². The highest BCUT2D eigenvalue weighted by Gasteiger charge is 2.37. The lowest BCUT2D eigenvalue weighted by molar-refractivity contribution is 0.434. The number of thioether (sulfide) groups is 1. The molecule has 1 unspecified atom stereocenters. The molecule has 0 amide bonds. The van der Waals surface area contributed by atoms with Crippen LogP contribution in [0.2, 0.25) is 0 Å². The van der Waals surface area contributed by atoms with Crippen LogP contribution in [0.3, 0.4) is 0 Å². The molecule has 1 atom stereocenters. The molecule has 4 heteroatoms. The maximum atomic E-state index is 6.00. The van der Waals surface area contributed by atoms with Crippen LogP contribution in [0, 0.1) is 6.92 Å². The van der Waals surface area contributed by atoms with E-state index in [4.69, 9.17) is 4.42 Å². The molecule has 4 rings (SSSR count). The number of rotatable bonds is 2. The van der Waals surface area contributed by atoms with Gasteiger partial charge in [0.1, 0.15) is 16.4 Å². The van der Waals surface area contributed by atoms with E-state index in [0.29, 0.717) is 0 Å². The van der Waals surface area contributed by atoms with Crippen molar-refractivity contribution in [3.05, 3.63) is 71.5 Å². The van der Waals surface area contributed by atoms with Gasteiger partial charge in [-0.1, -0.05) is 59.8 Å². The van der Waals surface area contributed by atoms with Crippen molar-refractivity contribution < 1.29 is 4.42 Å². The summed E-state index contributed by atoms with van der Waals surface area (Å²) < 4.78 is 6.00. The van der Waals surface area contributed by atoms with Gasteiger partial charge in [0.25, 0.3) is 0 Å². The summed E-state index contributed by atoms with van der Waals surface area (Å²) in [5.74, 6) is 0.893. The summed E-state index contributed by atoms with van der Waals surface area (Å²) in [7, 11) is 0. The molecule has 2 heterocycles. The third-order valence-corrected chi connectivity index (χ3v) is 5.09. The zero-order valence-electron chi connectivity index (χ0n) is 12.5. The van der Waals surface area contributed by atoms with Crippen LogP contribution >= 0.6 is 11.8 Å². The Morgan fingerprint density at radius 1 is 1.09 bits per heavy atom. The molecule has 1 aliphatic rings. The summed E-state index contributed by atoms with van der Waals surface area (Å²) in [6.07, 6.45) is 0. The first-order chi connectivity index (χ1) is 10.6. The van der Waals surface area contributed by atoms with Crippen LogP contribution in [0.25, 0.3) is 11.0 Å². The van der Waals surface area contributed by atoms with Crippen molar-refractivity contribution in [1.29, 1.82) is 0 Å². The van der Waals surface area contributed by atoms with Gasteiger partial charge in [0.2, 0.25) is 0 Å². The lowest BCUT2D eigenvalue weighted by Crippen LogP contribution is -2.28. The quantitative estimate of drug-likeness (QED) is 0.751. The summed E-state index contributed by atoms with van der Waals surface area (Å²) in [6.45, 7) is 4.18. The molecule has 0 bridgehead atoms. The van der Waals surface area contributed by atoms with Gasteiger partial charge < -0.3 is 4.42 Å². The third kappa shape index (κ3) is 2.20. The molecule has 0 spiro atoms. The van der Waals surface area contributed by atoms with Crippen LogP contribution < -0.4 is 5.43 Å². The average Bonchev–Trinajstić information content (AvgIpc) is 3.13. The maximum absolute atomic E-state index is 6.00. The molecular formula is C18H16N2OS. The first-order valence-electron chi connectivity index (χ1n) is 7.24. The second-order valence-electron chi connectivity index (χ2n) is 5.68. The summed E-state index contributed by atoms with van der Waals surface area (Å²) in [5, 5.41) is 6.61. The van der Waals surface area contributed by atoms with E-state index >= 15 is 0 Å². The van der Waals surface area contributed by atoms with Crippen LogP contribution in [0.5, 0.6) is 0 Å². The van der Waals surface area contributed by atoms with E-state index in [1.165, 1.54) is 5.56 Å². The fourth-order valence-electron chi connectivity index (χ4n) is 2.54. The second-order valence-corrected chi connectivity index (χ2v) is 7.09. The largest absolute Gasteiger partial charge is 0.458 e. The minimum atomic E-state index is -0.376. The van der Waals surface area contributed by atoms with Crippen LogP contribution in [-0.2, 0) is 4.87 Å².